The summed E-state index contributed by atoms with van der Waals surface area (Å²) in [5.74, 6) is 0. The average molecular weight is 359 g/mol. The summed E-state index contributed by atoms with van der Waals surface area (Å²) in [5, 5.41) is 7.97. The van der Waals surface area contributed by atoms with Gasteiger partial charge < -0.3 is 5.32 Å². The van der Waals surface area contributed by atoms with Crippen molar-refractivity contribution in [2.75, 3.05) is 0 Å². The first-order valence-electron chi connectivity index (χ1n) is 8.39. The highest BCUT2D eigenvalue weighted by molar-refractivity contribution is 5.35. The molecule has 0 saturated heterocycles. The minimum absolute atomic E-state index is 0.000837. The summed E-state index contributed by atoms with van der Waals surface area (Å²) in [7, 11) is 0. The van der Waals surface area contributed by atoms with Gasteiger partial charge in [-0.1, -0.05) is 30.3 Å². The smallest absolute Gasteiger partial charge is 0.302 e. The number of hydrogen-bond donors (Lipinski definition) is 1. The Labute approximate surface area is 150 Å². The Balaban J connectivity index is 1.71. The minimum atomic E-state index is -4.33. The van der Waals surface area contributed by atoms with E-state index in [1.54, 1.807) is 10.9 Å². The second kappa shape index (κ2) is 7.33. The van der Waals surface area contributed by atoms with Crippen LogP contribution in [0, 0.1) is 0 Å². The van der Waals surface area contributed by atoms with Crippen molar-refractivity contribution in [3.05, 3.63) is 83.7 Å². The fraction of sp³-hybridized carbons (Fsp3) is 0.250. The van der Waals surface area contributed by atoms with Crippen molar-refractivity contribution in [1.29, 1.82) is 0 Å². The molecule has 6 heteroatoms. The molecule has 0 unspecified atom stereocenters. The highest BCUT2D eigenvalue weighted by atomic mass is 19.4. The van der Waals surface area contributed by atoms with Gasteiger partial charge in [0.05, 0.1) is 16.9 Å². The Morgan fingerprint density at radius 2 is 1.54 bits per heavy atom. The van der Waals surface area contributed by atoms with Crippen molar-refractivity contribution in [2.24, 2.45) is 0 Å². The molecular weight excluding hydrogens is 339 g/mol. The molecule has 0 aliphatic carbocycles. The van der Waals surface area contributed by atoms with E-state index in [0.717, 1.165) is 17.8 Å². The summed E-state index contributed by atoms with van der Waals surface area (Å²) >= 11 is 0. The normalized spacial score (nSPS) is 14.2. The third kappa shape index (κ3) is 4.14. The Kier molecular flexibility index (Phi) is 5.13. The molecule has 136 valence electrons. The molecule has 1 aromatic heterocycles. The lowest BCUT2D eigenvalue weighted by atomic mass is 10.1. The molecule has 0 spiro atoms. The molecule has 0 fully saturated rings. The lowest BCUT2D eigenvalue weighted by molar-refractivity contribution is -0.137. The van der Waals surface area contributed by atoms with Gasteiger partial charge in [0.2, 0.25) is 0 Å². The third-order valence-corrected chi connectivity index (χ3v) is 4.31. The van der Waals surface area contributed by atoms with Crippen LogP contribution < -0.4 is 5.32 Å². The largest absolute Gasteiger partial charge is 0.416 e. The van der Waals surface area contributed by atoms with E-state index in [4.69, 9.17) is 0 Å². The number of alkyl halides is 3. The van der Waals surface area contributed by atoms with Gasteiger partial charge >= 0.3 is 6.18 Å². The molecule has 0 saturated carbocycles. The Morgan fingerprint density at radius 1 is 0.885 bits per heavy atom. The summed E-state index contributed by atoms with van der Waals surface area (Å²) in [6.07, 6.45) is -2.58. The number of benzene rings is 2. The number of halogens is 3. The highest BCUT2D eigenvalue weighted by Crippen LogP contribution is 2.29. The van der Waals surface area contributed by atoms with Crippen molar-refractivity contribution in [3.8, 4) is 5.69 Å². The molecule has 0 bridgehead atoms. The molecular formula is C20H20F3N3. The first-order valence-corrected chi connectivity index (χ1v) is 8.39. The van der Waals surface area contributed by atoms with Crippen LogP contribution in [0.2, 0.25) is 0 Å². The maximum absolute atomic E-state index is 12.7. The molecule has 0 amide bonds. The number of aromatic nitrogens is 2. The van der Waals surface area contributed by atoms with Gasteiger partial charge in [0.15, 0.2) is 0 Å². The van der Waals surface area contributed by atoms with Gasteiger partial charge in [0, 0.05) is 18.3 Å². The zero-order valence-electron chi connectivity index (χ0n) is 14.5. The van der Waals surface area contributed by atoms with E-state index in [9.17, 15) is 13.2 Å². The predicted octanol–water partition coefficient (Wildman–Crippen LogP) is 5.30. The summed E-state index contributed by atoms with van der Waals surface area (Å²) in [6.45, 7) is 4.09. The summed E-state index contributed by atoms with van der Waals surface area (Å²) < 4.78 is 39.6. The molecule has 2 atom stereocenters. The molecule has 0 aliphatic heterocycles. The van der Waals surface area contributed by atoms with Crippen LogP contribution in [0.25, 0.3) is 5.69 Å². The molecule has 26 heavy (non-hydrogen) atoms. The highest BCUT2D eigenvalue weighted by Gasteiger charge is 2.30. The van der Waals surface area contributed by atoms with Gasteiger partial charge in [0.25, 0.3) is 0 Å². The third-order valence-electron chi connectivity index (χ3n) is 4.31. The quantitative estimate of drug-likeness (QED) is 0.670. The fourth-order valence-electron chi connectivity index (χ4n) is 2.81. The van der Waals surface area contributed by atoms with E-state index >= 15 is 0 Å². The molecule has 3 nitrogen and oxygen atoms in total. The zero-order chi connectivity index (χ0) is 18.7. The molecule has 3 rings (SSSR count). The van der Waals surface area contributed by atoms with Gasteiger partial charge in [-0.2, -0.15) is 18.3 Å². The summed E-state index contributed by atoms with van der Waals surface area (Å²) in [4.78, 5) is 0. The maximum atomic E-state index is 12.7. The Morgan fingerprint density at radius 3 is 2.15 bits per heavy atom. The molecule has 2 aromatic carbocycles. The molecule has 1 N–H and O–H groups in total. The van der Waals surface area contributed by atoms with Crippen LogP contribution in [-0.2, 0) is 6.18 Å². The van der Waals surface area contributed by atoms with Crippen LogP contribution in [0.15, 0.2) is 66.9 Å². The predicted molar refractivity (Wildman–Crippen MR) is 95.0 cm³/mol. The van der Waals surface area contributed by atoms with Crippen molar-refractivity contribution in [3.63, 3.8) is 0 Å². The number of rotatable bonds is 5. The van der Waals surface area contributed by atoms with E-state index in [2.05, 4.69) is 29.5 Å². The van der Waals surface area contributed by atoms with E-state index < -0.39 is 11.7 Å². The van der Waals surface area contributed by atoms with Gasteiger partial charge in [0.1, 0.15) is 0 Å². The minimum Gasteiger partial charge on any atom is -0.302 e. The van der Waals surface area contributed by atoms with Crippen LogP contribution in [0.3, 0.4) is 0 Å². The lowest BCUT2D eigenvalue weighted by Crippen LogP contribution is -2.22. The van der Waals surface area contributed by atoms with Gasteiger partial charge in [-0.3, -0.25) is 0 Å². The average Bonchev–Trinajstić information content (AvgIpc) is 3.12. The topological polar surface area (TPSA) is 29.9 Å². The van der Waals surface area contributed by atoms with Gasteiger partial charge in [-0.05, 0) is 49.7 Å². The maximum Gasteiger partial charge on any atom is 0.416 e. The molecule has 0 aliphatic rings. The lowest BCUT2D eigenvalue weighted by Gasteiger charge is -2.19. The summed E-state index contributed by atoms with van der Waals surface area (Å²) in [5.41, 5.74) is 1.93. The van der Waals surface area contributed by atoms with Gasteiger partial charge in [-0.15, -0.1) is 0 Å². The number of hydrogen-bond acceptors (Lipinski definition) is 2. The van der Waals surface area contributed by atoms with Crippen LogP contribution in [0.4, 0.5) is 13.2 Å². The van der Waals surface area contributed by atoms with Crippen molar-refractivity contribution in [1.82, 2.24) is 15.1 Å². The van der Waals surface area contributed by atoms with E-state index in [-0.39, 0.29) is 12.1 Å². The molecule has 3 aromatic rings. The Hall–Kier alpha value is -2.60. The Bertz CT molecular complexity index is 839. The van der Waals surface area contributed by atoms with Crippen LogP contribution in [-0.4, -0.2) is 9.78 Å². The number of nitrogens with one attached hydrogen (secondary N) is 1. The SMILES string of the molecule is C[C@@H](N[C@H](C)c1ccn(-c2ccc(C(F)(F)F)cc2)n1)c1ccccc1. The van der Waals surface area contributed by atoms with E-state index in [1.165, 1.54) is 17.7 Å². The number of nitrogens with zero attached hydrogens (tertiary/aromatic N) is 2. The summed E-state index contributed by atoms with van der Waals surface area (Å²) in [6, 6.07) is 17.1. The van der Waals surface area contributed by atoms with Crippen LogP contribution in [0.5, 0.6) is 0 Å². The van der Waals surface area contributed by atoms with Crippen molar-refractivity contribution in [2.45, 2.75) is 32.1 Å². The second-order valence-corrected chi connectivity index (χ2v) is 6.25. The molecule has 1 heterocycles. The standard InChI is InChI=1S/C20H20F3N3/c1-14(16-6-4-3-5-7-16)24-15(2)19-12-13-26(25-19)18-10-8-17(9-11-18)20(21,22)23/h3-15,24H,1-2H3/t14-,15-/m1/s1. The van der Waals surface area contributed by atoms with E-state index in [1.807, 2.05) is 31.2 Å². The van der Waals surface area contributed by atoms with Gasteiger partial charge in [-0.25, -0.2) is 4.68 Å². The first kappa shape index (κ1) is 18.2. The fourth-order valence-corrected chi connectivity index (χ4v) is 2.81. The van der Waals surface area contributed by atoms with Crippen molar-refractivity contribution >= 4 is 0 Å². The first-order chi connectivity index (χ1) is 12.3. The molecule has 0 radical (unpaired) electrons. The van der Waals surface area contributed by atoms with Crippen molar-refractivity contribution < 1.29 is 13.2 Å². The monoisotopic (exact) mass is 359 g/mol. The zero-order valence-corrected chi connectivity index (χ0v) is 14.5. The second-order valence-electron chi connectivity index (χ2n) is 6.25. The van der Waals surface area contributed by atoms with Crippen LogP contribution >= 0.6 is 0 Å². The van der Waals surface area contributed by atoms with Crippen LogP contribution in [0.1, 0.15) is 42.8 Å². The van der Waals surface area contributed by atoms with E-state index in [0.29, 0.717) is 5.69 Å².